The highest BCUT2D eigenvalue weighted by atomic mass is 35.5. The first-order chi connectivity index (χ1) is 15.1. The molecule has 1 amide bonds. The predicted octanol–water partition coefficient (Wildman–Crippen LogP) is 5.46. The maximum absolute atomic E-state index is 12.6. The van der Waals surface area contributed by atoms with E-state index in [0.717, 1.165) is 15.9 Å². The van der Waals surface area contributed by atoms with Gasteiger partial charge in [-0.15, -0.1) is 0 Å². The Morgan fingerprint density at radius 3 is 2.68 bits per heavy atom. The first-order valence-corrected chi connectivity index (χ1v) is 10.6. The Morgan fingerprint density at radius 1 is 1.00 bits per heavy atom. The van der Waals surface area contributed by atoms with Crippen LogP contribution in [-0.4, -0.2) is 20.9 Å². The average Bonchev–Trinajstić information content (AvgIpc) is 3.20. The molecule has 5 rings (SSSR count). The Morgan fingerprint density at radius 2 is 1.84 bits per heavy atom. The molecule has 0 radical (unpaired) electrons. The molecule has 0 aliphatic carbocycles. The highest BCUT2D eigenvalue weighted by Gasteiger charge is 2.16. The zero-order valence-corrected chi connectivity index (χ0v) is 17.6. The van der Waals surface area contributed by atoms with Gasteiger partial charge in [-0.25, -0.2) is 4.98 Å². The molecule has 0 spiro atoms. The highest BCUT2D eigenvalue weighted by molar-refractivity contribution is 7.99. The van der Waals surface area contributed by atoms with Gasteiger partial charge in [0.1, 0.15) is 5.52 Å². The number of amides is 1. The molecule has 0 aliphatic rings. The van der Waals surface area contributed by atoms with Crippen molar-refractivity contribution >= 4 is 56.9 Å². The molecule has 3 aromatic carbocycles. The van der Waals surface area contributed by atoms with Gasteiger partial charge >= 0.3 is 0 Å². The smallest absolute Gasteiger partial charge is 0.255 e. The molecule has 2 aromatic heterocycles. The van der Waals surface area contributed by atoms with Crippen LogP contribution in [0, 0.1) is 0 Å². The van der Waals surface area contributed by atoms with Gasteiger partial charge < -0.3 is 15.3 Å². The van der Waals surface area contributed by atoms with Crippen molar-refractivity contribution in [3.63, 3.8) is 0 Å². The topological polar surface area (TPSA) is 90.6 Å². The number of para-hydroxylation sites is 1. The van der Waals surface area contributed by atoms with Crippen molar-refractivity contribution in [2.45, 2.75) is 10.1 Å². The second kappa shape index (κ2) is 7.94. The van der Waals surface area contributed by atoms with Gasteiger partial charge in [-0.1, -0.05) is 35.9 Å². The number of nitrogens with one attached hydrogen (secondary N) is 3. The first-order valence-electron chi connectivity index (χ1n) is 9.43. The van der Waals surface area contributed by atoms with Crippen LogP contribution in [0.5, 0.6) is 0 Å². The SMILES string of the molecule is O=C(Nc1c(Cl)ccc2[nH]c(Sc3cccc4c(=O)cc[nH]c34)nc12)c1ccccc1. The molecule has 0 aliphatic heterocycles. The van der Waals surface area contributed by atoms with E-state index in [2.05, 4.69) is 20.3 Å². The Hall–Kier alpha value is -3.55. The Balaban J connectivity index is 1.53. The van der Waals surface area contributed by atoms with Crippen molar-refractivity contribution < 1.29 is 4.79 Å². The van der Waals surface area contributed by atoms with Crippen LogP contribution in [0.1, 0.15) is 10.4 Å². The fraction of sp³-hybridized carbons (Fsp3) is 0. The van der Waals surface area contributed by atoms with Crippen molar-refractivity contribution in [2.75, 3.05) is 5.32 Å². The molecule has 0 bridgehead atoms. The van der Waals surface area contributed by atoms with Crippen LogP contribution in [0.25, 0.3) is 21.9 Å². The van der Waals surface area contributed by atoms with Crippen molar-refractivity contribution in [2.24, 2.45) is 0 Å². The van der Waals surface area contributed by atoms with Crippen LogP contribution >= 0.6 is 23.4 Å². The number of nitrogens with zero attached hydrogens (tertiary/aromatic N) is 1. The number of fused-ring (bicyclic) bond motifs is 2. The summed E-state index contributed by atoms with van der Waals surface area (Å²) in [7, 11) is 0. The van der Waals surface area contributed by atoms with Crippen molar-refractivity contribution in [3.8, 4) is 0 Å². The molecule has 0 saturated carbocycles. The van der Waals surface area contributed by atoms with Crippen molar-refractivity contribution in [3.05, 3.63) is 93.7 Å². The monoisotopic (exact) mass is 446 g/mol. The fourth-order valence-corrected chi connectivity index (χ4v) is 4.46. The summed E-state index contributed by atoms with van der Waals surface area (Å²) in [6.45, 7) is 0. The molecule has 0 fully saturated rings. The molecule has 8 heteroatoms. The van der Waals surface area contributed by atoms with Gasteiger partial charge in [-0.3, -0.25) is 9.59 Å². The van der Waals surface area contributed by atoms with E-state index in [4.69, 9.17) is 11.6 Å². The molecule has 3 N–H and O–H groups in total. The summed E-state index contributed by atoms with van der Waals surface area (Å²) in [5.74, 6) is -0.265. The zero-order valence-electron chi connectivity index (χ0n) is 16.0. The number of benzene rings is 3. The number of hydrogen-bond donors (Lipinski definition) is 3. The summed E-state index contributed by atoms with van der Waals surface area (Å²) in [4.78, 5) is 36.7. The van der Waals surface area contributed by atoms with Crippen molar-refractivity contribution in [1.29, 1.82) is 0 Å². The van der Waals surface area contributed by atoms with E-state index in [1.54, 1.807) is 42.6 Å². The zero-order chi connectivity index (χ0) is 21.4. The van der Waals surface area contributed by atoms with Gasteiger partial charge in [0, 0.05) is 28.1 Å². The predicted molar refractivity (Wildman–Crippen MR) is 124 cm³/mol. The van der Waals surface area contributed by atoms with Gasteiger partial charge in [-0.05, 0) is 48.2 Å². The van der Waals surface area contributed by atoms with Crippen LogP contribution < -0.4 is 10.7 Å². The van der Waals surface area contributed by atoms with Crippen LogP contribution in [0.3, 0.4) is 0 Å². The Bertz CT molecular complexity index is 1490. The van der Waals surface area contributed by atoms with E-state index >= 15 is 0 Å². The molecule has 0 saturated heterocycles. The highest BCUT2D eigenvalue weighted by Crippen LogP contribution is 2.35. The molecule has 152 valence electrons. The van der Waals surface area contributed by atoms with E-state index in [0.29, 0.717) is 32.3 Å². The third kappa shape index (κ3) is 3.69. The number of imidazole rings is 1. The summed E-state index contributed by atoms with van der Waals surface area (Å²) in [6, 6.07) is 19.5. The molecular weight excluding hydrogens is 432 g/mol. The normalized spacial score (nSPS) is 11.1. The summed E-state index contributed by atoms with van der Waals surface area (Å²) in [5.41, 5.74) is 2.98. The summed E-state index contributed by atoms with van der Waals surface area (Å²) >= 11 is 7.77. The lowest BCUT2D eigenvalue weighted by Crippen LogP contribution is -2.12. The Labute approximate surface area is 185 Å². The minimum Gasteiger partial charge on any atom is -0.360 e. The minimum atomic E-state index is -0.265. The first kappa shape index (κ1) is 19.4. The van der Waals surface area contributed by atoms with Crippen LogP contribution in [-0.2, 0) is 0 Å². The van der Waals surface area contributed by atoms with Gasteiger partial charge in [-0.2, -0.15) is 0 Å². The number of carbonyl (C=O) groups excluding carboxylic acids is 1. The number of aromatic amines is 2. The lowest BCUT2D eigenvalue weighted by atomic mass is 10.2. The number of rotatable bonds is 4. The maximum atomic E-state index is 12.6. The third-order valence-electron chi connectivity index (χ3n) is 4.82. The number of halogens is 1. The quantitative estimate of drug-likeness (QED) is 0.342. The second-order valence-electron chi connectivity index (χ2n) is 6.80. The van der Waals surface area contributed by atoms with Gasteiger partial charge in [0.2, 0.25) is 0 Å². The molecule has 5 aromatic rings. The largest absolute Gasteiger partial charge is 0.360 e. The second-order valence-corrected chi connectivity index (χ2v) is 8.24. The van der Waals surface area contributed by atoms with Gasteiger partial charge in [0.15, 0.2) is 10.6 Å². The molecule has 31 heavy (non-hydrogen) atoms. The molecule has 6 nitrogen and oxygen atoms in total. The van der Waals surface area contributed by atoms with Crippen LogP contribution in [0.2, 0.25) is 5.02 Å². The summed E-state index contributed by atoms with van der Waals surface area (Å²) in [5, 5.41) is 4.50. The number of pyridine rings is 1. The average molecular weight is 447 g/mol. The number of hydrogen-bond acceptors (Lipinski definition) is 4. The molecule has 0 unspecified atom stereocenters. The maximum Gasteiger partial charge on any atom is 0.255 e. The third-order valence-corrected chi connectivity index (χ3v) is 6.08. The number of carbonyl (C=O) groups is 1. The summed E-state index contributed by atoms with van der Waals surface area (Å²) in [6.07, 6.45) is 1.63. The molecular formula is C23H15ClN4O2S. The van der Waals surface area contributed by atoms with E-state index in [9.17, 15) is 9.59 Å². The summed E-state index contributed by atoms with van der Waals surface area (Å²) < 4.78 is 0. The standard InChI is InChI=1S/C23H15ClN4O2S/c24-15-9-10-16-21(20(15)27-22(30)13-5-2-1-3-6-13)28-23(26-16)31-18-8-4-7-14-17(29)11-12-25-19(14)18/h1-12H,(H,25,29)(H,26,28)(H,27,30). The number of aromatic nitrogens is 3. The van der Waals surface area contributed by atoms with E-state index in [1.807, 2.05) is 24.3 Å². The lowest BCUT2D eigenvalue weighted by molar-refractivity contribution is 0.102. The molecule has 0 atom stereocenters. The fourth-order valence-electron chi connectivity index (χ4n) is 3.34. The van der Waals surface area contributed by atoms with E-state index in [1.165, 1.54) is 17.8 Å². The number of anilines is 1. The van der Waals surface area contributed by atoms with Crippen LogP contribution in [0.4, 0.5) is 5.69 Å². The van der Waals surface area contributed by atoms with Gasteiger partial charge in [0.25, 0.3) is 5.91 Å². The van der Waals surface area contributed by atoms with E-state index < -0.39 is 0 Å². The van der Waals surface area contributed by atoms with E-state index in [-0.39, 0.29) is 11.3 Å². The number of H-pyrrole nitrogens is 2. The molecule has 2 heterocycles. The Kier molecular flexibility index (Phi) is 4.97. The van der Waals surface area contributed by atoms with Crippen LogP contribution in [0.15, 0.2) is 87.8 Å². The van der Waals surface area contributed by atoms with Gasteiger partial charge in [0.05, 0.1) is 21.7 Å². The minimum absolute atomic E-state index is 0.0431. The van der Waals surface area contributed by atoms with Crippen molar-refractivity contribution in [1.82, 2.24) is 15.0 Å². The lowest BCUT2D eigenvalue weighted by Gasteiger charge is -2.08.